The Hall–Kier alpha value is -0.610. The van der Waals surface area contributed by atoms with Crippen LogP contribution in [0.3, 0.4) is 0 Å². The number of rotatable bonds is 3. The van der Waals surface area contributed by atoms with E-state index in [9.17, 15) is 4.39 Å². The minimum atomic E-state index is -0.462. The first-order valence-corrected chi connectivity index (χ1v) is 7.17. The van der Waals surface area contributed by atoms with Gasteiger partial charge in [0.1, 0.15) is 5.82 Å². The highest BCUT2D eigenvalue weighted by Crippen LogP contribution is 2.29. The molecule has 1 nitrogen and oxygen atoms in total. The Kier molecular flexibility index (Phi) is 4.85. The zero-order valence-corrected chi connectivity index (χ0v) is 12.9. The smallest absolute Gasteiger partial charge is 0.142 e. The van der Waals surface area contributed by atoms with Crippen LogP contribution in [-0.4, -0.2) is 0 Å². The van der Waals surface area contributed by atoms with Crippen molar-refractivity contribution in [1.29, 1.82) is 0 Å². The molecule has 0 saturated heterocycles. The molecule has 1 unspecified atom stereocenters. The van der Waals surface area contributed by atoms with E-state index in [0.29, 0.717) is 17.0 Å². The van der Waals surface area contributed by atoms with Gasteiger partial charge in [-0.2, -0.15) is 0 Å². The first-order chi connectivity index (χ1) is 8.99. The Morgan fingerprint density at radius 3 is 2.63 bits per heavy atom. The van der Waals surface area contributed by atoms with Crippen molar-refractivity contribution in [3.63, 3.8) is 0 Å². The second kappa shape index (κ2) is 6.23. The van der Waals surface area contributed by atoms with Crippen LogP contribution in [-0.2, 0) is 6.42 Å². The van der Waals surface area contributed by atoms with Crippen LogP contribution in [0.1, 0.15) is 17.2 Å². The Balaban J connectivity index is 2.25. The molecule has 2 rings (SSSR count). The standard InChI is InChI=1S/C14H11BrCl2FN/c15-9-5-4-8(11(16)7-9)6-13(19)10-2-1-3-12(18)14(10)17/h1-5,7,13H,6,19H2. The van der Waals surface area contributed by atoms with E-state index in [1.54, 1.807) is 18.2 Å². The van der Waals surface area contributed by atoms with Gasteiger partial charge in [0, 0.05) is 15.5 Å². The highest BCUT2D eigenvalue weighted by molar-refractivity contribution is 9.10. The van der Waals surface area contributed by atoms with E-state index in [1.165, 1.54) is 6.07 Å². The molecule has 0 aromatic heterocycles. The maximum absolute atomic E-state index is 13.4. The highest BCUT2D eigenvalue weighted by Gasteiger charge is 2.15. The van der Waals surface area contributed by atoms with Crippen molar-refractivity contribution in [3.8, 4) is 0 Å². The van der Waals surface area contributed by atoms with E-state index < -0.39 is 11.9 Å². The van der Waals surface area contributed by atoms with Gasteiger partial charge < -0.3 is 5.73 Å². The topological polar surface area (TPSA) is 26.0 Å². The molecule has 2 aromatic carbocycles. The van der Waals surface area contributed by atoms with Gasteiger partial charge in [-0.25, -0.2) is 4.39 Å². The summed E-state index contributed by atoms with van der Waals surface area (Å²) in [4.78, 5) is 0. The van der Waals surface area contributed by atoms with Gasteiger partial charge >= 0.3 is 0 Å². The zero-order valence-electron chi connectivity index (χ0n) is 9.84. The molecule has 0 bridgehead atoms. The average Bonchev–Trinajstić information content (AvgIpc) is 2.36. The molecule has 0 heterocycles. The van der Waals surface area contributed by atoms with Crippen LogP contribution in [0.2, 0.25) is 10.0 Å². The van der Waals surface area contributed by atoms with E-state index in [4.69, 9.17) is 28.9 Å². The molecule has 2 N–H and O–H groups in total. The minimum absolute atomic E-state index is 0.0724. The van der Waals surface area contributed by atoms with Crippen LogP contribution in [0, 0.1) is 5.82 Å². The molecule has 0 aliphatic heterocycles. The lowest BCUT2D eigenvalue weighted by Gasteiger charge is -2.15. The van der Waals surface area contributed by atoms with Gasteiger partial charge in [0.2, 0.25) is 0 Å². The van der Waals surface area contributed by atoms with Gasteiger partial charge in [0.25, 0.3) is 0 Å². The fourth-order valence-corrected chi connectivity index (χ4v) is 2.86. The summed E-state index contributed by atoms with van der Waals surface area (Å²) in [7, 11) is 0. The number of nitrogens with two attached hydrogens (primary N) is 1. The molecule has 0 fully saturated rings. The average molecular weight is 363 g/mol. The van der Waals surface area contributed by atoms with E-state index in [1.807, 2.05) is 12.1 Å². The van der Waals surface area contributed by atoms with Gasteiger partial charge in [-0.3, -0.25) is 0 Å². The Bertz CT molecular complexity index is 604. The van der Waals surface area contributed by atoms with Gasteiger partial charge in [-0.05, 0) is 35.7 Å². The third kappa shape index (κ3) is 3.48. The maximum atomic E-state index is 13.4. The number of benzene rings is 2. The summed E-state index contributed by atoms with van der Waals surface area (Å²) < 4.78 is 14.3. The van der Waals surface area contributed by atoms with Crippen LogP contribution in [0.15, 0.2) is 40.9 Å². The molecule has 0 aliphatic rings. The molecule has 0 aliphatic carbocycles. The molecule has 2 aromatic rings. The molecule has 100 valence electrons. The lowest BCUT2D eigenvalue weighted by molar-refractivity contribution is 0.619. The van der Waals surface area contributed by atoms with Gasteiger partial charge in [0.05, 0.1) is 5.02 Å². The summed E-state index contributed by atoms with van der Waals surface area (Å²) in [5.41, 5.74) is 7.57. The summed E-state index contributed by atoms with van der Waals surface area (Å²) in [5, 5.41) is 0.695. The largest absolute Gasteiger partial charge is 0.324 e. The first-order valence-electron chi connectivity index (χ1n) is 5.62. The van der Waals surface area contributed by atoms with Crippen molar-refractivity contribution in [2.75, 3.05) is 0 Å². The third-order valence-corrected chi connectivity index (χ3v) is 4.08. The summed E-state index contributed by atoms with van der Waals surface area (Å²) in [6.45, 7) is 0. The minimum Gasteiger partial charge on any atom is -0.324 e. The third-order valence-electron chi connectivity index (χ3n) is 2.84. The van der Waals surface area contributed by atoms with E-state index in [-0.39, 0.29) is 5.02 Å². The molecule has 0 spiro atoms. The summed E-state index contributed by atoms with van der Waals surface area (Å²) in [5.74, 6) is -0.462. The molecule has 0 amide bonds. The van der Waals surface area contributed by atoms with Crippen molar-refractivity contribution in [3.05, 3.63) is 67.9 Å². The first kappa shape index (κ1) is 14.8. The second-order valence-corrected chi connectivity index (χ2v) is 5.89. The predicted molar refractivity (Wildman–Crippen MR) is 81.2 cm³/mol. The van der Waals surface area contributed by atoms with E-state index in [0.717, 1.165) is 10.0 Å². The lowest BCUT2D eigenvalue weighted by Crippen LogP contribution is -2.14. The Morgan fingerprint density at radius 2 is 1.95 bits per heavy atom. The molecule has 5 heteroatoms. The molecule has 1 atom stereocenters. The van der Waals surface area contributed by atoms with Crippen molar-refractivity contribution < 1.29 is 4.39 Å². The molecular formula is C14H11BrCl2FN. The van der Waals surface area contributed by atoms with Crippen LogP contribution in [0.25, 0.3) is 0 Å². The van der Waals surface area contributed by atoms with E-state index in [2.05, 4.69) is 15.9 Å². The molecule has 0 saturated carbocycles. The fraction of sp³-hybridized carbons (Fsp3) is 0.143. The molecule has 19 heavy (non-hydrogen) atoms. The Labute approximate surface area is 129 Å². The normalized spacial score (nSPS) is 12.5. The monoisotopic (exact) mass is 361 g/mol. The zero-order chi connectivity index (χ0) is 14.0. The summed E-state index contributed by atoms with van der Waals surface area (Å²) in [6.07, 6.45) is 0.495. The van der Waals surface area contributed by atoms with Gasteiger partial charge in [0.15, 0.2) is 0 Å². The van der Waals surface area contributed by atoms with Crippen molar-refractivity contribution >= 4 is 39.1 Å². The highest BCUT2D eigenvalue weighted by atomic mass is 79.9. The summed E-state index contributed by atoms with van der Waals surface area (Å²) in [6, 6.07) is 9.81. The van der Waals surface area contributed by atoms with Crippen molar-refractivity contribution in [1.82, 2.24) is 0 Å². The van der Waals surface area contributed by atoms with Crippen LogP contribution in [0.5, 0.6) is 0 Å². The number of halogens is 4. The molecular weight excluding hydrogens is 352 g/mol. The molecule has 0 radical (unpaired) electrons. The number of hydrogen-bond acceptors (Lipinski definition) is 1. The van der Waals surface area contributed by atoms with Crippen LogP contribution in [0.4, 0.5) is 4.39 Å². The van der Waals surface area contributed by atoms with Crippen LogP contribution < -0.4 is 5.73 Å². The number of hydrogen-bond donors (Lipinski definition) is 1. The van der Waals surface area contributed by atoms with Crippen LogP contribution >= 0.6 is 39.1 Å². The SMILES string of the molecule is NC(Cc1ccc(Br)cc1Cl)c1cccc(F)c1Cl. The lowest BCUT2D eigenvalue weighted by atomic mass is 9.99. The second-order valence-electron chi connectivity index (χ2n) is 4.19. The van der Waals surface area contributed by atoms with Crippen molar-refractivity contribution in [2.45, 2.75) is 12.5 Å². The Morgan fingerprint density at radius 1 is 1.21 bits per heavy atom. The predicted octanol–water partition coefficient (Wildman–Crippen LogP) is 5.14. The van der Waals surface area contributed by atoms with Gasteiger partial charge in [-0.1, -0.05) is 57.3 Å². The van der Waals surface area contributed by atoms with E-state index >= 15 is 0 Å². The fourth-order valence-electron chi connectivity index (χ4n) is 1.84. The van der Waals surface area contributed by atoms with Crippen molar-refractivity contribution in [2.24, 2.45) is 5.73 Å². The summed E-state index contributed by atoms with van der Waals surface area (Å²) >= 11 is 15.4. The quantitative estimate of drug-likeness (QED) is 0.803. The maximum Gasteiger partial charge on any atom is 0.142 e. The van der Waals surface area contributed by atoms with Gasteiger partial charge in [-0.15, -0.1) is 0 Å².